The van der Waals surface area contributed by atoms with E-state index in [0.29, 0.717) is 11.3 Å². The van der Waals surface area contributed by atoms with E-state index in [-0.39, 0.29) is 24.8 Å². The molecule has 2 N–H and O–H groups in total. The topological polar surface area (TPSA) is 66.4 Å². The number of carbonyl (C=O) groups excluding carboxylic acids is 1. The molecule has 0 aromatic heterocycles. The highest BCUT2D eigenvalue weighted by Gasteiger charge is 2.28. The zero-order valence-electron chi connectivity index (χ0n) is 12.4. The molecule has 19 heavy (non-hydrogen) atoms. The molecular weight excluding hydrogens is 242 g/mol. The lowest BCUT2D eigenvalue weighted by Gasteiger charge is -2.29. The first-order valence-electron chi connectivity index (χ1n) is 7.30. The maximum Gasteiger partial charge on any atom is 0.303 e. The van der Waals surface area contributed by atoms with Crippen LogP contribution in [0.3, 0.4) is 0 Å². The van der Waals surface area contributed by atoms with Crippen LogP contribution in [-0.2, 0) is 9.59 Å². The van der Waals surface area contributed by atoms with Gasteiger partial charge in [-0.15, -0.1) is 0 Å². The van der Waals surface area contributed by atoms with Gasteiger partial charge in [-0.1, -0.05) is 27.2 Å². The standard InChI is InChI=1S/C15H27NO3/c1-15(2,3)11-5-4-6-12(8-7-11)16-13(17)9-10-14(18)19/h11-12H,4-10H2,1-3H3,(H,16,17)(H,18,19). The van der Waals surface area contributed by atoms with E-state index < -0.39 is 5.97 Å². The summed E-state index contributed by atoms with van der Waals surface area (Å²) in [6.07, 6.45) is 5.56. The molecule has 2 unspecified atom stereocenters. The third-order valence-corrected chi connectivity index (χ3v) is 4.12. The van der Waals surface area contributed by atoms with Crippen molar-refractivity contribution in [3.8, 4) is 0 Å². The van der Waals surface area contributed by atoms with Crippen LogP contribution in [0.15, 0.2) is 0 Å². The summed E-state index contributed by atoms with van der Waals surface area (Å²) in [5.41, 5.74) is 0.336. The van der Waals surface area contributed by atoms with Crippen molar-refractivity contribution in [2.45, 2.75) is 71.8 Å². The highest BCUT2D eigenvalue weighted by Crippen LogP contribution is 2.36. The number of aliphatic carboxylic acids is 1. The molecular formula is C15H27NO3. The Kier molecular flexibility index (Phi) is 5.83. The van der Waals surface area contributed by atoms with Gasteiger partial charge in [0.1, 0.15) is 0 Å². The molecule has 0 bridgehead atoms. The fourth-order valence-electron chi connectivity index (χ4n) is 2.83. The normalized spacial score (nSPS) is 24.6. The van der Waals surface area contributed by atoms with Crippen molar-refractivity contribution in [2.75, 3.05) is 0 Å². The summed E-state index contributed by atoms with van der Waals surface area (Å²) in [4.78, 5) is 22.1. The number of carbonyl (C=O) groups is 2. The second-order valence-electron chi connectivity index (χ2n) is 6.73. The molecule has 0 spiro atoms. The Morgan fingerprint density at radius 1 is 1.11 bits per heavy atom. The Balaban J connectivity index is 2.37. The van der Waals surface area contributed by atoms with E-state index in [4.69, 9.17) is 5.11 Å². The molecule has 1 saturated carbocycles. The zero-order valence-corrected chi connectivity index (χ0v) is 12.4. The molecule has 4 nitrogen and oxygen atoms in total. The zero-order chi connectivity index (χ0) is 14.5. The summed E-state index contributed by atoms with van der Waals surface area (Å²) in [5.74, 6) is -0.321. The highest BCUT2D eigenvalue weighted by atomic mass is 16.4. The smallest absolute Gasteiger partial charge is 0.303 e. The first kappa shape index (κ1) is 16.0. The van der Waals surface area contributed by atoms with Gasteiger partial charge >= 0.3 is 5.97 Å². The minimum Gasteiger partial charge on any atom is -0.481 e. The maximum absolute atomic E-state index is 11.6. The van der Waals surface area contributed by atoms with Crippen LogP contribution in [0.2, 0.25) is 0 Å². The van der Waals surface area contributed by atoms with Gasteiger partial charge in [-0.05, 0) is 37.0 Å². The SMILES string of the molecule is CC(C)(C)C1CCCC(NC(=O)CCC(=O)O)CC1. The number of hydrogen-bond donors (Lipinski definition) is 2. The molecule has 0 aliphatic heterocycles. The molecule has 1 aliphatic rings. The van der Waals surface area contributed by atoms with E-state index in [0.717, 1.165) is 25.7 Å². The van der Waals surface area contributed by atoms with Gasteiger partial charge in [0.25, 0.3) is 0 Å². The summed E-state index contributed by atoms with van der Waals surface area (Å²) in [5, 5.41) is 11.5. The van der Waals surface area contributed by atoms with Gasteiger partial charge in [-0.3, -0.25) is 9.59 Å². The summed E-state index contributed by atoms with van der Waals surface area (Å²) in [7, 11) is 0. The molecule has 0 radical (unpaired) electrons. The average Bonchev–Trinajstić information content (AvgIpc) is 2.51. The van der Waals surface area contributed by atoms with Crippen molar-refractivity contribution in [1.29, 1.82) is 0 Å². The number of hydrogen-bond acceptors (Lipinski definition) is 2. The summed E-state index contributed by atoms with van der Waals surface area (Å²) in [6.45, 7) is 6.84. The minimum atomic E-state index is -0.913. The van der Waals surface area contributed by atoms with E-state index in [1.807, 2.05) is 0 Å². The van der Waals surface area contributed by atoms with E-state index in [1.54, 1.807) is 0 Å². The average molecular weight is 269 g/mol. The van der Waals surface area contributed by atoms with E-state index in [9.17, 15) is 9.59 Å². The molecule has 4 heteroatoms. The Labute approximate surface area is 116 Å². The van der Waals surface area contributed by atoms with Crippen molar-refractivity contribution in [3.05, 3.63) is 0 Å². The number of rotatable bonds is 4. The van der Waals surface area contributed by atoms with Crippen molar-refractivity contribution in [2.24, 2.45) is 11.3 Å². The summed E-state index contributed by atoms with van der Waals surface area (Å²) in [6, 6.07) is 0.230. The number of carboxylic acid groups (broad SMARTS) is 1. The molecule has 0 saturated heterocycles. The summed E-state index contributed by atoms with van der Waals surface area (Å²) < 4.78 is 0. The van der Waals surface area contributed by atoms with Gasteiger partial charge < -0.3 is 10.4 Å². The predicted octanol–water partition coefficient (Wildman–Crippen LogP) is 2.96. The largest absolute Gasteiger partial charge is 0.481 e. The number of nitrogens with one attached hydrogen (secondary N) is 1. The molecule has 2 atom stereocenters. The molecule has 0 aromatic carbocycles. The molecule has 0 aromatic rings. The fourth-order valence-corrected chi connectivity index (χ4v) is 2.83. The van der Waals surface area contributed by atoms with Gasteiger partial charge in [-0.2, -0.15) is 0 Å². The van der Waals surface area contributed by atoms with Crippen LogP contribution in [0.4, 0.5) is 0 Å². The van der Waals surface area contributed by atoms with Gasteiger partial charge in [-0.25, -0.2) is 0 Å². The Bertz CT molecular complexity index is 320. The van der Waals surface area contributed by atoms with Crippen LogP contribution in [0.1, 0.15) is 65.7 Å². The maximum atomic E-state index is 11.6. The van der Waals surface area contributed by atoms with Crippen molar-refractivity contribution >= 4 is 11.9 Å². The van der Waals surface area contributed by atoms with Crippen LogP contribution < -0.4 is 5.32 Å². The first-order chi connectivity index (χ1) is 8.79. The third-order valence-electron chi connectivity index (χ3n) is 4.12. The Hall–Kier alpha value is -1.06. The van der Waals surface area contributed by atoms with Crippen molar-refractivity contribution < 1.29 is 14.7 Å². The lowest BCUT2D eigenvalue weighted by atomic mass is 9.76. The molecule has 0 heterocycles. The Morgan fingerprint density at radius 2 is 1.79 bits per heavy atom. The first-order valence-corrected chi connectivity index (χ1v) is 7.30. The highest BCUT2D eigenvalue weighted by molar-refractivity contribution is 5.80. The lowest BCUT2D eigenvalue weighted by molar-refractivity contribution is -0.138. The van der Waals surface area contributed by atoms with Crippen LogP contribution >= 0.6 is 0 Å². The monoisotopic (exact) mass is 269 g/mol. The van der Waals surface area contributed by atoms with Gasteiger partial charge in [0, 0.05) is 12.5 Å². The third kappa shape index (κ3) is 6.08. The van der Waals surface area contributed by atoms with E-state index in [2.05, 4.69) is 26.1 Å². The molecule has 1 rings (SSSR count). The van der Waals surface area contributed by atoms with Gasteiger partial charge in [0.2, 0.25) is 5.91 Å². The van der Waals surface area contributed by atoms with E-state index >= 15 is 0 Å². The second-order valence-corrected chi connectivity index (χ2v) is 6.73. The Morgan fingerprint density at radius 3 is 2.37 bits per heavy atom. The van der Waals surface area contributed by atoms with Crippen molar-refractivity contribution in [3.63, 3.8) is 0 Å². The summed E-state index contributed by atoms with van der Waals surface area (Å²) >= 11 is 0. The van der Waals surface area contributed by atoms with Gasteiger partial charge in [0.15, 0.2) is 0 Å². The second kappa shape index (κ2) is 6.92. The van der Waals surface area contributed by atoms with Gasteiger partial charge in [0.05, 0.1) is 6.42 Å². The lowest BCUT2D eigenvalue weighted by Crippen LogP contribution is -2.34. The van der Waals surface area contributed by atoms with Crippen molar-refractivity contribution in [1.82, 2.24) is 5.32 Å². The van der Waals surface area contributed by atoms with Crippen LogP contribution in [0.25, 0.3) is 0 Å². The molecule has 1 amide bonds. The van der Waals surface area contributed by atoms with Crippen LogP contribution in [-0.4, -0.2) is 23.0 Å². The number of carboxylic acids is 1. The quantitative estimate of drug-likeness (QED) is 0.771. The van der Waals surface area contributed by atoms with E-state index in [1.165, 1.54) is 6.42 Å². The fraction of sp³-hybridized carbons (Fsp3) is 0.867. The molecule has 110 valence electrons. The predicted molar refractivity (Wildman–Crippen MR) is 74.8 cm³/mol. The minimum absolute atomic E-state index is 0.0802. The van der Waals surface area contributed by atoms with Crippen LogP contribution in [0, 0.1) is 11.3 Å². The molecule has 1 aliphatic carbocycles. The number of amides is 1. The van der Waals surface area contributed by atoms with Crippen LogP contribution in [0.5, 0.6) is 0 Å². The molecule has 1 fully saturated rings.